The van der Waals surface area contributed by atoms with Crippen LogP contribution in [-0.4, -0.2) is 51.3 Å². The maximum Gasteiger partial charge on any atom is 0.142 e. The van der Waals surface area contributed by atoms with Crippen LogP contribution in [0.5, 0.6) is 11.5 Å². The second-order valence-electron chi connectivity index (χ2n) is 6.24. The molecule has 1 aliphatic rings. The molecule has 2 aromatic carbocycles. The first kappa shape index (κ1) is 17.4. The Hall–Kier alpha value is -2.40. The van der Waals surface area contributed by atoms with Crippen LogP contribution in [0.3, 0.4) is 0 Å². The zero-order chi connectivity index (χ0) is 17.5. The average Bonchev–Trinajstić information content (AvgIpc) is 2.67. The molecule has 1 heterocycles. The van der Waals surface area contributed by atoms with Crippen molar-refractivity contribution in [1.82, 2.24) is 4.90 Å². The van der Waals surface area contributed by atoms with E-state index in [1.54, 1.807) is 7.11 Å². The minimum Gasteiger partial charge on any atom is -0.495 e. The van der Waals surface area contributed by atoms with Crippen molar-refractivity contribution >= 4 is 11.4 Å². The summed E-state index contributed by atoms with van der Waals surface area (Å²) in [6.07, 6.45) is 1.00. The van der Waals surface area contributed by atoms with Crippen LogP contribution in [0.2, 0.25) is 0 Å². The standard InChI is InChI=1S/C20H27N3O2/c1-24-20-10-5-3-8-18(20)23-14-12-22(13-15-23)11-6-16-25-19-9-4-2-7-17(19)21/h2-5,7-10H,6,11-16,21H2,1H3. The predicted octanol–water partition coefficient (Wildman–Crippen LogP) is 2.87. The van der Waals surface area contributed by atoms with Gasteiger partial charge in [0.2, 0.25) is 0 Å². The Balaban J connectivity index is 1.40. The molecule has 134 valence electrons. The highest BCUT2D eigenvalue weighted by Gasteiger charge is 2.19. The van der Waals surface area contributed by atoms with Gasteiger partial charge in [-0.3, -0.25) is 4.90 Å². The summed E-state index contributed by atoms with van der Waals surface area (Å²) in [4.78, 5) is 4.89. The van der Waals surface area contributed by atoms with Crippen LogP contribution in [0.1, 0.15) is 6.42 Å². The van der Waals surface area contributed by atoms with E-state index in [-0.39, 0.29) is 0 Å². The van der Waals surface area contributed by atoms with Crippen LogP contribution in [0, 0.1) is 0 Å². The number of piperazine rings is 1. The maximum atomic E-state index is 5.89. The first-order chi connectivity index (χ1) is 12.3. The molecule has 0 aliphatic carbocycles. The van der Waals surface area contributed by atoms with E-state index < -0.39 is 0 Å². The molecule has 1 saturated heterocycles. The van der Waals surface area contributed by atoms with Crippen LogP contribution in [-0.2, 0) is 0 Å². The average molecular weight is 341 g/mol. The number of anilines is 2. The van der Waals surface area contributed by atoms with Gasteiger partial charge in [-0.05, 0) is 30.7 Å². The normalized spacial score (nSPS) is 15.2. The number of methoxy groups -OCH3 is 1. The van der Waals surface area contributed by atoms with E-state index >= 15 is 0 Å². The Bertz CT molecular complexity index is 669. The Kier molecular flexibility index (Phi) is 6.01. The van der Waals surface area contributed by atoms with Gasteiger partial charge < -0.3 is 20.1 Å². The molecule has 0 unspecified atom stereocenters. The molecule has 0 spiro atoms. The van der Waals surface area contributed by atoms with Crippen molar-refractivity contribution in [3.63, 3.8) is 0 Å². The third-order valence-electron chi connectivity index (χ3n) is 4.59. The lowest BCUT2D eigenvalue weighted by Crippen LogP contribution is -2.46. The van der Waals surface area contributed by atoms with E-state index in [0.717, 1.165) is 50.6 Å². The molecular formula is C20H27N3O2. The van der Waals surface area contributed by atoms with Gasteiger partial charge in [-0.1, -0.05) is 24.3 Å². The highest BCUT2D eigenvalue weighted by atomic mass is 16.5. The monoisotopic (exact) mass is 341 g/mol. The van der Waals surface area contributed by atoms with Gasteiger partial charge in [0.15, 0.2) is 0 Å². The fraction of sp³-hybridized carbons (Fsp3) is 0.400. The highest BCUT2D eigenvalue weighted by molar-refractivity contribution is 5.58. The Labute approximate surface area is 149 Å². The van der Waals surface area contributed by atoms with E-state index in [1.165, 1.54) is 5.69 Å². The van der Waals surface area contributed by atoms with Gasteiger partial charge in [-0.2, -0.15) is 0 Å². The van der Waals surface area contributed by atoms with Crippen molar-refractivity contribution in [2.75, 3.05) is 57.1 Å². The Morgan fingerprint density at radius 3 is 2.32 bits per heavy atom. The lowest BCUT2D eigenvalue weighted by atomic mass is 10.2. The van der Waals surface area contributed by atoms with E-state index in [4.69, 9.17) is 15.2 Å². The number of ether oxygens (including phenoxy) is 2. The number of hydrogen-bond donors (Lipinski definition) is 1. The number of benzene rings is 2. The number of para-hydroxylation sites is 4. The molecule has 5 nitrogen and oxygen atoms in total. The van der Waals surface area contributed by atoms with Crippen molar-refractivity contribution in [2.45, 2.75) is 6.42 Å². The molecule has 0 radical (unpaired) electrons. The SMILES string of the molecule is COc1ccccc1N1CCN(CCCOc2ccccc2N)CC1. The number of nitrogen functional groups attached to an aromatic ring is 1. The Morgan fingerprint density at radius 1 is 0.920 bits per heavy atom. The van der Waals surface area contributed by atoms with Crippen molar-refractivity contribution < 1.29 is 9.47 Å². The number of hydrogen-bond acceptors (Lipinski definition) is 5. The summed E-state index contributed by atoms with van der Waals surface area (Å²) >= 11 is 0. The lowest BCUT2D eigenvalue weighted by Gasteiger charge is -2.36. The number of nitrogens with two attached hydrogens (primary N) is 1. The van der Waals surface area contributed by atoms with Gasteiger partial charge in [-0.25, -0.2) is 0 Å². The van der Waals surface area contributed by atoms with Crippen LogP contribution >= 0.6 is 0 Å². The van der Waals surface area contributed by atoms with Crippen LogP contribution in [0.15, 0.2) is 48.5 Å². The molecule has 3 rings (SSSR count). The van der Waals surface area contributed by atoms with Crippen LogP contribution < -0.4 is 20.1 Å². The van der Waals surface area contributed by atoms with Crippen molar-refractivity contribution in [3.8, 4) is 11.5 Å². The second kappa shape index (κ2) is 8.62. The molecule has 0 aromatic heterocycles. The highest BCUT2D eigenvalue weighted by Crippen LogP contribution is 2.28. The fourth-order valence-corrected chi connectivity index (χ4v) is 3.19. The molecular weight excluding hydrogens is 314 g/mol. The molecule has 2 aromatic rings. The fourth-order valence-electron chi connectivity index (χ4n) is 3.19. The quantitative estimate of drug-likeness (QED) is 0.620. The molecule has 1 aliphatic heterocycles. The van der Waals surface area contributed by atoms with E-state index in [2.05, 4.69) is 21.9 Å². The summed E-state index contributed by atoms with van der Waals surface area (Å²) in [5, 5.41) is 0. The van der Waals surface area contributed by atoms with Crippen LogP contribution in [0.25, 0.3) is 0 Å². The van der Waals surface area contributed by atoms with Gasteiger partial charge in [0, 0.05) is 32.7 Å². The van der Waals surface area contributed by atoms with Gasteiger partial charge in [0.1, 0.15) is 11.5 Å². The van der Waals surface area contributed by atoms with Gasteiger partial charge in [0.25, 0.3) is 0 Å². The zero-order valence-electron chi connectivity index (χ0n) is 14.9. The van der Waals surface area contributed by atoms with E-state index in [9.17, 15) is 0 Å². The molecule has 2 N–H and O–H groups in total. The predicted molar refractivity (Wildman–Crippen MR) is 103 cm³/mol. The smallest absolute Gasteiger partial charge is 0.142 e. The number of rotatable bonds is 7. The molecule has 1 fully saturated rings. The second-order valence-corrected chi connectivity index (χ2v) is 6.24. The first-order valence-electron chi connectivity index (χ1n) is 8.85. The van der Waals surface area contributed by atoms with Crippen LogP contribution in [0.4, 0.5) is 11.4 Å². The van der Waals surface area contributed by atoms with Crippen molar-refractivity contribution in [2.24, 2.45) is 0 Å². The largest absolute Gasteiger partial charge is 0.495 e. The summed E-state index contributed by atoms with van der Waals surface area (Å²) in [7, 11) is 1.73. The van der Waals surface area contributed by atoms with E-state index in [1.807, 2.05) is 36.4 Å². The maximum absolute atomic E-state index is 5.89. The topological polar surface area (TPSA) is 51.0 Å². The summed E-state index contributed by atoms with van der Waals surface area (Å²) in [6.45, 7) is 5.91. The molecule has 5 heteroatoms. The number of nitrogens with zero attached hydrogens (tertiary/aromatic N) is 2. The molecule has 0 amide bonds. The van der Waals surface area contributed by atoms with Gasteiger partial charge >= 0.3 is 0 Å². The summed E-state index contributed by atoms with van der Waals surface area (Å²) in [6, 6.07) is 15.9. The van der Waals surface area contributed by atoms with E-state index in [0.29, 0.717) is 12.3 Å². The summed E-state index contributed by atoms with van der Waals surface area (Å²) < 4.78 is 11.2. The zero-order valence-corrected chi connectivity index (χ0v) is 14.9. The lowest BCUT2D eigenvalue weighted by molar-refractivity contribution is 0.225. The third kappa shape index (κ3) is 4.57. The molecule has 0 saturated carbocycles. The minimum absolute atomic E-state index is 0.695. The minimum atomic E-state index is 0.695. The third-order valence-corrected chi connectivity index (χ3v) is 4.59. The molecule has 0 atom stereocenters. The van der Waals surface area contributed by atoms with Gasteiger partial charge in [-0.15, -0.1) is 0 Å². The molecule has 0 bridgehead atoms. The molecule has 25 heavy (non-hydrogen) atoms. The van der Waals surface area contributed by atoms with Crippen molar-refractivity contribution in [3.05, 3.63) is 48.5 Å². The summed E-state index contributed by atoms with van der Waals surface area (Å²) in [5.74, 6) is 1.73. The van der Waals surface area contributed by atoms with Gasteiger partial charge in [0.05, 0.1) is 25.1 Å². The first-order valence-corrected chi connectivity index (χ1v) is 8.85. The Morgan fingerprint density at radius 2 is 1.60 bits per heavy atom. The summed E-state index contributed by atoms with van der Waals surface area (Å²) in [5.41, 5.74) is 7.78. The van der Waals surface area contributed by atoms with Crippen molar-refractivity contribution in [1.29, 1.82) is 0 Å².